The summed E-state index contributed by atoms with van der Waals surface area (Å²) in [6, 6.07) is 18.4. The molecular weight excluding hydrogens is 368 g/mol. The number of anilines is 2. The number of benzene rings is 3. The van der Waals surface area contributed by atoms with E-state index in [4.69, 9.17) is 13.9 Å². The average Bonchev–Trinajstić information content (AvgIpc) is 3.10. The molecule has 6 heteroatoms. The molecule has 0 aliphatic heterocycles. The molecule has 4 rings (SSSR count). The number of furan rings is 1. The second kappa shape index (κ2) is 7.75. The van der Waals surface area contributed by atoms with E-state index in [1.807, 2.05) is 48.5 Å². The van der Waals surface area contributed by atoms with Gasteiger partial charge in [-0.15, -0.1) is 0 Å². The molecule has 0 aliphatic rings. The van der Waals surface area contributed by atoms with Crippen molar-refractivity contribution in [3.63, 3.8) is 0 Å². The minimum Gasteiger partial charge on any atom is -0.495 e. The second-order valence-electron chi connectivity index (χ2n) is 6.70. The summed E-state index contributed by atoms with van der Waals surface area (Å²) in [6.07, 6.45) is 0. The quantitative estimate of drug-likeness (QED) is 0.482. The molecule has 0 spiro atoms. The highest BCUT2D eigenvalue weighted by Gasteiger charge is 2.18. The molecule has 1 amide bonds. The van der Waals surface area contributed by atoms with Crippen LogP contribution in [0.25, 0.3) is 21.9 Å². The fourth-order valence-electron chi connectivity index (χ4n) is 3.32. The molecule has 0 unspecified atom stereocenters. The molecule has 0 bridgehead atoms. The molecule has 3 aromatic carbocycles. The Hall–Kier alpha value is -3.67. The van der Waals surface area contributed by atoms with Crippen molar-refractivity contribution in [3.05, 3.63) is 60.7 Å². The van der Waals surface area contributed by atoms with Gasteiger partial charge in [0.1, 0.15) is 28.7 Å². The first-order valence-corrected chi connectivity index (χ1v) is 9.30. The summed E-state index contributed by atoms with van der Waals surface area (Å²) in [5, 5.41) is 8.09. The van der Waals surface area contributed by atoms with E-state index in [0.29, 0.717) is 22.9 Å². The van der Waals surface area contributed by atoms with Gasteiger partial charge in [0.05, 0.1) is 25.6 Å². The minimum absolute atomic E-state index is 0.193. The molecule has 4 aromatic rings. The van der Waals surface area contributed by atoms with Crippen molar-refractivity contribution in [3.8, 4) is 11.5 Å². The Bertz CT molecular complexity index is 1180. The van der Waals surface area contributed by atoms with Crippen molar-refractivity contribution >= 4 is 39.2 Å². The van der Waals surface area contributed by atoms with Gasteiger partial charge in [-0.05, 0) is 31.2 Å². The molecule has 0 aliphatic carbocycles. The summed E-state index contributed by atoms with van der Waals surface area (Å²) in [5.74, 6) is 1.05. The summed E-state index contributed by atoms with van der Waals surface area (Å²) in [4.78, 5) is 12.7. The Morgan fingerprint density at radius 3 is 2.38 bits per heavy atom. The van der Waals surface area contributed by atoms with Gasteiger partial charge < -0.3 is 24.5 Å². The largest absolute Gasteiger partial charge is 0.495 e. The molecular formula is C23H22N2O4. The van der Waals surface area contributed by atoms with Crippen LogP contribution in [0, 0.1) is 0 Å². The second-order valence-corrected chi connectivity index (χ2v) is 6.70. The normalized spacial score (nSPS) is 12.0. The molecule has 0 fully saturated rings. The van der Waals surface area contributed by atoms with Crippen LogP contribution in [0.15, 0.2) is 65.1 Å². The summed E-state index contributed by atoms with van der Waals surface area (Å²) >= 11 is 0. The molecule has 29 heavy (non-hydrogen) atoms. The number of nitrogens with one attached hydrogen (secondary N) is 2. The van der Waals surface area contributed by atoms with Gasteiger partial charge in [-0.2, -0.15) is 0 Å². The van der Waals surface area contributed by atoms with Crippen molar-refractivity contribution in [2.45, 2.75) is 13.0 Å². The van der Waals surface area contributed by atoms with Crippen LogP contribution in [-0.4, -0.2) is 26.2 Å². The van der Waals surface area contributed by atoms with Gasteiger partial charge in [0, 0.05) is 16.8 Å². The fourth-order valence-corrected chi connectivity index (χ4v) is 3.32. The van der Waals surface area contributed by atoms with E-state index in [1.165, 1.54) is 0 Å². The van der Waals surface area contributed by atoms with E-state index in [-0.39, 0.29) is 5.91 Å². The topological polar surface area (TPSA) is 72.7 Å². The van der Waals surface area contributed by atoms with Gasteiger partial charge in [-0.3, -0.25) is 4.79 Å². The van der Waals surface area contributed by atoms with Crippen LogP contribution in [0.4, 0.5) is 11.4 Å². The van der Waals surface area contributed by atoms with Gasteiger partial charge in [0.25, 0.3) is 0 Å². The highest BCUT2D eigenvalue weighted by atomic mass is 16.5. The summed E-state index contributed by atoms with van der Waals surface area (Å²) in [5.41, 5.74) is 2.84. The van der Waals surface area contributed by atoms with E-state index in [1.54, 1.807) is 33.3 Å². The van der Waals surface area contributed by atoms with Crippen LogP contribution in [-0.2, 0) is 4.79 Å². The van der Waals surface area contributed by atoms with E-state index < -0.39 is 6.04 Å². The number of fused-ring (bicyclic) bond motifs is 3. The number of ether oxygens (including phenoxy) is 2. The Morgan fingerprint density at radius 1 is 0.862 bits per heavy atom. The van der Waals surface area contributed by atoms with Crippen LogP contribution in [0.1, 0.15) is 6.92 Å². The molecule has 1 aromatic heterocycles. The summed E-state index contributed by atoms with van der Waals surface area (Å²) in [6.45, 7) is 1.78. The minimum atomic E-state index is -0.518. The molecule has 0 radical (unpaired) electrons. The van der Waals surface area contributed by atoms with Crippen LogP contribution in [0.2, 0.25) is 0 Å². The van der Waals surface area contributed by atoms with Crippen molar-refractivity contribution in [2.75, 3.05) is 24.9 Å². The van der Waals surface area contributed by atoms with Crippen LogP contribution >= 0.6 is 0 Å². The Kier molecular flexibility index (Phi) is 4.99. The number of amides is 1. The molecule has 0 saturated heterocycles. The van der Waals surface area contributed by atoms with Gasteiger partial charge >= 0.3 is 0 Å². The van der Waals surface area contributed by atoms with Crippen LogP contribution in [0.5, 0.6) is 11.5 Å². The predicted octanol–water partition coefficient (Wildman–Crippen LogP) is 5.04. The summed E-state index contributed by atoms with van der Waals surface area (Å²) < 4.78 is 16.8. The standard InChI is InChI=1S/C23H22N2O4/c1-14(23(26)25-17-9-5-7-11-20(17)27-2)24-18-13-21-16(12-22(18)28-3)15-8-4-6-10-19(15)29-21/h4-14,24H,1-3H3,(H,25,26)/t14-/m1/s1. The van der Waals surface area contributed by atoms with E-state index in [9.17, 15) is 4.79 Å². The van der Waals surface area contributed by atoms with E-state index in [0.717, 1.165) is 21.9 Å². The third-order valence-electron chi connectivity index (χ3n) is 4.83. The molecule has 0 saturated carbocycles. The average molecular weight is 390 g/mol. The fraction of sp³-hybridized carbons (Fsp3) is 0.174. The number of para-hydroxylation sites is 3. The van der Waals surface area contributed by atoms with E-state index >= 15 is 0 Å². The van der Waals surface area contributed by atoms with Gasteiger partial charge in [0.15, 0.2) is 0 Å². The molecule has 6 nitrogen and oxygen atoms in total. The number of carbonyl (C=O) groups is 1. The van der Waals surface area contributed by atoms with Crippen molar-refractivity contribution in [1.82, 2.24) is 0 Å². The lowest BCUT2D eigenvalue weighted by molar-refractivity contribution is -0.116. The van der Waals surface area contributed by atoms with Crippen molar-refractivity contribution in [1.29, 1.82) is 0 Å². The molecule has 148 valence electrons. The third kappa shape index (κ3) is 3.57. The van der Waals surface area contributed by atoms with Gasteiger partial charge in [0.2, 0.25) is 5.91 Å². The first-order chi connectivity index (χ1) is 14.1. The number of methoxy groups -OCH3 is 2. The maximum atomic E-state index is 12.7. The first kappa shape index (κ1) is 18.7. The lowest BCUT2D eigenvalue weighted by Gasteiger charge is -2.18. The molecule has 1 atom stereocenters. The number of hydrogen-bond acceptors (Lipinski definition) is 5. The lowest BCUT2D eigenvalue weighted by Crippen LogP contribution is -2.32. The highest BCUT2D eigenvalue weighted by molar-refractivity contribution is 6.07. The number of carbonyl (C=O) groups excluding carboxylic acids is 1. The monoisotopic (exact) mass is 390 g/mol. The van der Waals surface area contributed by atoms with Crippen LogP contribution in [0.3, 0.4) is 0 Å². The Labute approximate surface area is 168 Å². The lowest BCUT2D eigenvalue weighted by atomic mass is 10.1. The zero-order valence-corrected chi connectivity index (χ0v) is 16.5. The SMILES string of the molecule is COc1ccccc1NC(=O)[C@@H](C)Nc1cc2oc3ccccc3c2cc1OC. The van der Waals surface area contributed by atoms with Crippen molar-refractivity contribution in [2.24, 2.45) is 0 Å². The third-order valence-corrected chi connectivity index (χ3v) is 4.83. The zero-order chi connectivity index (χ0) is 20.4. The number of rotatable bonds is 6. The van der Waals surface area contributed by atoms with E-state index in [2.05, 4.69) is 10.6 Å². The Morgan fingerprint density at radius 2 is 1.59 bits per heavy atom. The molecule has 2 N–H and O–H groups in total. The maximum Gasteiger partial charge on any atom is 0.246 e. The zero-order valence-electron chi connectivity index (χ0n) is 16.5. The van der Waals surface area contributed by atoms with Crippen molar-refractivity contribution < 1.29 is 18.7 Å². The highest BCUT2D eigenvalue weighted by Crippen LogP contribution is 2.36. The number of hydrogen-bond donors (Lipinski definition) is 2. The molecule has 1 heterocycles. The van der Waals surface area contributed by atoms with Gasteiger partial charge in [-0.1, -0.05) is 30.3 Å². The summed E-state index contributed by atoms with van der Waals surface area (Å²) in [7, 11) is 3.17. The smallest absolute Gasteiger partial charge is 0.246 e. The van der Waals surface area contributed by atoms with Gasteiger partial charge in [-0.25, -0.2) is 0 Å². The van der Waals surface area contributed by atoms with Crippen LogP contribution < -0.4 is 20.1 Å². The Balaban J connectivity index is 1.60. The maximum absolute atomic E-state index is 12.7. The predicted molar refractivity (Wildman–Crippen MR) is 115 cm³/mol. The first-order valence-electron chi connectivity index (χ1n) is 9.30.